The van der Waals surface area contributed by atoms with Crippen molar-refractivity contribution in [1.29, 1.82) is 0 Å². The van der Waals surface area contributed by atoms with Gasteiger partial charge in [0, 0.05) is 9.80 Å². The Kier molecular flexibility index (Phi) is 5.09. The Morgan fingerprint density at radius 2 is 2.20 bits per heavy atom. The van der Waals surface area contributed by atoms with Crippen molar-refractivity contribution in [3.63, 3.8) is 0 Å². The molecule has 15 heavy (non-hydrogen) atoms. The highest BCUT2D eigenvalue weighted by atomic mass is 79.9. The number of rotatable bonds is 3. The van der Waals surface area contributed by atoms with Gasteiger partial charge in [0.05, 0.1) is 17.2 Å². The monoisotopic (exact) mass is 354 g/mol. The molecule has 0 N–H and O–H groups in total. The van der Waals surface area contributed by atoms with E-state index in [0.29, 0.717) is 27.0 Å². The minimum Gasteiger partial charge on any atom is -0.462 e. The zero-order valence-corrected chi connectivity index (χ0v) is 11.9. The molecule has 1 rings (SSSR count). The Labute approximate surface area is 110 Å². The highest BCUT2D eigenvalue weighted by Crippen LogP contribution is 2.30. The molecule has 0 aliphatic heterocycles. The maximum atomic E-state index is 11.6. The van der Waals surface area contributed by atoms with Gasteiger partial charge < -0.3 is 4.74 Å². The molecule has 2 nitrogen and oxygen atoms in total. The first-order valence-corrected chi connectivity index (χ1v) is 6.61. The molecular formula is C10H9Br2ClO2. The number of benzene rings is 1. The van der Waals surface area contributed by atoms with Gasteiger partial charge in [-0.15, -0.1) is 0 Å². The normalized spacial score (nSPS) is 10.1. The number of carbonyl (C=O) groups excluding carboxylic acids is 1. The summed E-state index contributed by atoms with van der Waals surface area (Å²) in [5.74, 6) is -0.391. The largest absolute Gasteiger partial charge is 0.462 e. The van der Waals surface area contributed by atoms with E-state index in [9.17, 15) is 4.79 Å². The zero-order chi connectivity index (χ0) is 11.4. The van der Waals surface area contributed by atoms with Gasteiger partial charge in [0.2, 0.25) is 0 Å². The van der Waals surface area contributed by atoms with Crippen LogP contribution in [0.15, 0.2) is 16.6 Å². The van der Waals surface area contributed by atoms with Crippen LogP contribution in [0.3, 0.4) is 0 Å². The Morgan fingerprint density at radius 1 is 1.53 bits per heavy atom. The van der Waals surface area contributed by atoms with Crippen molar-refractivity contribution in [2.75, 3.05) is 6.61 Å². The van der Waals surface area contributed by atoms with Crippen molar-refractivity contribution in [1.82, 2.24) is 0 Å². The fourth-order valence-electron chi connectivity index (χ4n) is 1.13. The average molecular weight is 356 g/mol. The second kappa shape index (κ2) is 5.87. The summed E-state index contributed by atoms with van der Waals surface area (Å²) in [7, 11) is 0. The lowest BCUT2D eigenvalue weighted by Gasteiger charge is -2.09. The van der Waals surface area contributed by atoms with Gasteiger partial charge in [0.25, 0.3) is 0 Å². The molecule has 0 radical (unpaired) electrons. The van der Waals surface area contributed by atoms with E-state index in [2.05, 4.69) is 31.9 Å². The predicted octanol–water partition coefficient (Wildman–Crippen LogP) is 4.17. The van der Waals surface area contributed by atoms with Gasteiger partial charge in [-0.1, -0.05) is 33.6 Å². The van der Waals surface area contributed by atoms with E-state index in [1.807, 2.05) is 12.1 Å². The van der Waals surface area contributed by atoms with Crippen LogP contribution in [-0.2, 0) is 10.1 Å². The van der Waals surface area contributed by atoms with Gasteiger partial charge >= 0.3 is 5.97 Å². The van der Waals surface area contributed by atoms with Crippen molar-refractivity contribution in [2.45, 2.75) is 12.3 Å². The summed E-state index contributed by atoms with van der Waals surface area (Å²) in [6.45, 7) is 2.10. The number of carbonyl (C=O) groups is 1. The standard InChI is InChI=1S/C10H9Br2ClO2/c1-2-15-10(14)8-6(5-11)3-4-7(12)9(8)13/h3-4H,2,5H2,1H3. The molecule has 1 aromatic carbocycles. The van der Waals surface area contributed by atoms with Gasteiger partial charge in [0.15, 0.2) is 0 Å². The van der Waals surface area contributed by atoms with E-state index in [4.69, 9.17) is 16.3 Å². The Bertz CT molecular complexity index is 380. The second-order valence-corrected chi connectivity index (χ2v) is 4.54. The topological polar surface area (TPSA) is 26.3 Å². The lowest BCUT2D eigenvalue weighted by Crippen LogP contribution is -2.08. The lowest BCUT2D eigenvalue weighted by molar-refractivity contribution is 0.0525. The molecule has 82 valence electrons. The first-order valence-electron chi connectivity index (χ1n) is 4.31. The van der Waals surface area contributed by atoms with Crippen LogP contribution in [0.1, 0.15) is 22.8 Å². The maximum Gasteiger partial charge on any atom is 0.339 e. The van der Waals surface area contributed by atoms with Crippen LogP contribution >= 0.6 is 43.5 Å². The SMILES string of the molecule is CCOC(=O)c1c(CBr)ccc(Br)c1Cl. The maximum absolute atomic E-state index is 11.6. The van der Waals surface area contributed by atoms with E-state index in [-0.39, 0.29) is 0 Å². The highest BCUT2D eigenvalue weighted by molar-refractivity contribution is 9.10. The molecule has 1 aromatic rings. The summed E-state index contributed by atoms with van der Waals surface area (Å²) in [5, 5.41) is 0.958. The van der Waals surface area contributed by atoms with Gasteiger partial charge in [-0.25, -0.2) is 4.79 Å². The lowest BCUT2D eigenvalue weighted by atomic mass is 10.1. The van der Waals surface area contributed by atoms with Crippen LogP contribution < -0.4 is 0 Å². The Morgan fingerprint density at radius 3 is 2.73 bits per heavy atom. The number of hydrogen-bond donors (Lipinski definition) is 0. The van der Waals surface area contributed by atoms with Crippen LogP contribution in [0.25, 0.3) is 0 Å². The molecule has 0 saturated heterocycles. The summed E-state index contributed by atoms with van der Waals surface area (Å²) in [5.41, 5.74) is 1.24. The van der Waals surface area contributed by atoms with Gasteiger partial charge in [-0.3, -0.25) is 0 Å². The van der Waals surface area contributed by atoms with E-state index in [0.717, 1.165) is 5.56 Å². The molecule has 0 aliphatic rings. The third-order valence-corrected chi connectivity index (χ3v) is 3.69. The van der Waals surface area contributed by atoms with Crippen LogP contribution in [0.5, 0.6) is 0 Å². The first-order chi connectivity index (χ1) is 7.11. The quantitative estimate of drug-likeness (QED) is 0.600. The van der Waals surface area contributed by atoms with Crippen molar-refractivity contribution >= 4 is 49.4 Å². The molecule has 0 spiro atoms. The van der Waals surface area contributed by atoms with Gasteiger partial charge in [-0.2, -0.15) is 0 Å². The molecule has 5 heteroatoms. The van der Waals surface area contributed by atoms with E-state index in [1.54, 1.807) is 6.92 Å². The number of hydrogen-bond acceptors (Lipinski definition) is 2. The second-order valence-electron chi connectivity index (χ2n) is 2.75. The van der Waals surface area contributed by atoms with Crippen molar-refractivity contribution in [3.8, 4) is 0 Å². The Balaban J connectivity index is 3.23. The predicted molar refractivity (Wildman–Crippen MR) is 67.7 cm³/mol. The van der Waals surface area contributed by atoms with Crippen LogP contribution in [0, 0.1) is 0 Å². The van der Waals surface area contributed by atoms with E-state index >= 15 is 0 Å². The highest BCUT2D eigenvalue weighted by Gasteiger charge is 2.18. The van der Waals surface area contributed by atoms with Crippen molar-refractivity contribution in [2.24, 2.45) is 0 Å². The summed E-state index contributed by atoms with van der Waals surface area (Å²) in [4.78, 5) is 11.6. The minimum absolute atomic E-state index is 0.337. The molecule has 0 fully saturated rings. The Hall–Kier alpha value is -0.0600. The number of esters is 1. The molecular weight excluding hydrogens is 347 g/mol. The summed E-state index contributed by atoms with van der Waals surface area (Å²) < 4.78 is 5.63. The smallest absolute Gasteiger partial charge is 0.339 e. The zero-order valence-electron chi connectivity index (χ0n) is 8.02. The van der Waals surface area contributed by atoms with Crippen LogP contribution in [0.2, 0.25) is 5.02 Å². The van der Waals surface area contributed by atoms with Gasteiger partial charge in [-0.05, 0) is 34.5 Å². The van der Waals surface area contributed by atoms with E-state index in [1.165, 1.54) is 0 Å². The molecule has 0 heterocycles. The fourth-order valence-corrected chi connectivity index (χ4v) is 2.19. The van der Waals surface area contributed by atoms with Crippen molar-refractivity contribution < 1.29 is 9.53 Å². The molecule has 0 aliphatic carbocycles. The number of alkyl halides is 1. The third kappa shape index (κ3) is 2.95. The van der Waals surface area contributed by atoms with E-state index < -0.39 is 5.97 Å². The third-order valence-electron chi connectivity index (χ3n) is 1.80. The molecule has 0 bridgehead atoms. The van der Waals surface area contributed by atoms with Crippen LogP contribution in [0.4, 0.5) is 0 Å². The minimum atomic E-state index is -0.391. The number of ether oxygens (including phenoxy) is 1. The molecule has 0 amide bonds. The van der Waals surface area contributed by atoms with Gasteiger partial charge in [0.1, 0.15) is 0 Å². The average Bonchev–Trinajstić information content (AvgIpc) is 2.22. The molecule has 0 aromatic heterocycles. The molecule has 0 unspecified atom stereocenters. The fraction of sp³-hybridized carbons (Fsp3) is 0.300. The summed E-state index contributed by atoms with van der Waals surface area (Å²) in [6.07, 6.45) is 0. The summed E-state index contributed by atoms with van der Waals surface area (Å²) in [6, 6.07) is 3.64. The van der Waals surface area contributed by atoms with Crippen molar-refractivity contribution in [3.05, 3.63) is 32.8 Å². The molecule has 0 saturated carbocycles. The summed E-state index contributed by atoms with van der Waals surface area (Å²) >= 11 is 12.6. The number of halogens is 3. The van der Waals surface area contributed by atoms with Crippen LogP contribution in [-0.4, -0.2) is 12.6 Å². The first kappa shape index (κ1) is 13.0. The molecule has 0 atom stereocenters.